The molecule has 0 heterocycles. The van der Waals surface area contributed by atoms with E-state index in [0.29, 0.717) is 0 Å². The molecule has 0 aromatic rings. The van der Waals surface area contributed by atoms with Gasteiger partial charge in [0.15, 0.2) is 0 Å². The molecule has 0 unspecified atom stereocenters. The van der Waals surface area contributed by atoms with Crippen molar-refractivity contribution in [3.05, 3.63) is 25.5 Å². The predicted octanol–water partition coefficient (Wildman–Crippen LogP) is 0.0344. The average Bonchev–Trinajstić information content (AvgIpc) is 1.68. The maximum Gasteiger partial charge on any atom is 0.334 e. The van der Waals surface area contributed by atoms with Crippen LogP contribution in [-0.4, -0.2) is 11.4 Å². The quantitative estimate of drug-likeness (QED) is 0.290. The summed E-state index contributed by atoms with van der Waals surface area (Å²) in [5, 5.41) is 0. The average molecular weight is 116 g/mol. The van der Waals surface area contributed by atoms with Gasteiger partial charge in [0.25, 0.3) is 0 Å². The van der Waals surface area contributed by atoms with Gasteiger partial charge < -0.3 is 10.2 Å². The second-order valence-corrected chi connectivity index (χ2v) is 0.808. The van der Waals surface area contributed by atoms with Crippen LogP contribution in [0.2, 0.25) is 0 Å². The minimum absolute atomic E-state index is 0. The number of hydrogen-bond donors (Lipinski definition) is 0. The highest BCUT2D eigenvalue weighted by Gasteiger charge is 1.84. The fraction of sp³-hybridized carbons (Fsp3) is 0. The molecule has 0 amide bonds. The summed E-state index contributed by atoms with van der Waals surface area (Å²) in [6.07, 6.45) is 2.13. The lowest BCUT2D eigenvalue weighted by molar-refractivity contribution is -0.132. The maximum absolute atomic E-state index is 10.0. The molecule has 3 nitrogen and oxygen atoms in total. The first kappa shape index (κ1) is 10.0. The molecule has 0 saturated carbocycles. The Labute approximate surface area is 47.6 Å². The Bertz CT molecular complexity index is 95.8. The van der Waals surface area contributed by atoms with Crippen molar-refractivity contribution in [3.63, 3.8) is 0 Å². The monoisotopic (exact) mass is 116 g/mol. The van der Waals surface area contributed by atoms with Gasteiger partial charge in [0, 0.05) is 6.08 Å². The molecular formula is C5H8O3. The first-order valence-electron chi connectivity index (χ1n) is 1.75. The van der Waals surface area contributed by atoms with E-state index in [4.69, 9.17) is 0 Å². The second kappa shape index (κ2) is 5.91. The van der Waals surface area contributed by atoms with Crippen molar-refractivity contribution in [2.24, 2.45) is 0 Å². The Kier molecular flexibility index (Phi) is 7.40. The topological polar surface area (TPSA) is 57.8 Å². The van der Waals surface area contributed by atoms with Crippen molar-refractivity contribution in [1.29, 1.82) is 0 Å². The van der Waals surface area contributed by atoms with Gasteiger partial charge in [0.05, 0.1) is 6.26 Å². The Morgan fingerprint density at radius 3 is 2.12 bits per heavy atom. The van der Waals surface area contributed by atoms with Gasteiger partial charge in [-0.05, 0) is 0 Å². The van der Waals surface area contributed by atoms with Gasteiger partial charge >= 0.3 is 5.97 Å². The molecule has 0 aliphatic heterocycles. The highest BCUT2D eigenvalue weighted by atomic mass is 16.5. The van der Waals surface area contributed by atoms with Crippen molar-refractivity contribution >= 4 is 5.97 Å². The predicted molar refractivity (Wildman–Crippen MR) is 30.1 cm³/mol. The smallest absolute Gasteiger partial charge is 0.334 e. The normalized spacial score (nSPS) is 6.00. The number of carbonyl (C=O) groups is 1. The van der Waals surface area contributed by atoms with Crippen LogP contribution in [0.3, 0.4) is 0 Å². The summed E-state index contributed by atoms with van der Waals surface area (Å²) in [6, 6.07) is 0. The zero-order valence-electron chi connectivity index (χ0n) is 4.39. The zero-order chi connectivity index (χ0) is 5.70. The van der Waals surface area contributed by atoms with Crippen molar-refractivity contribution in [1.82, 2.24) is 0 Å². The zero-order valence-corrected chi connectivity index (χ0v) is 4.39. The van der Waals surface area contributed by atoms with Gasteiger partial charge in [-0.2, -0.15) is 0 Å². The standard InChI is InChI=1S/C5H6O2.H2O/c1-3-5(6)7-4-2;/h3-4H,1-2H2;1H2. The number of esters is 1. The largest absolute Gasteiger partial charge is 0.432 e. The third-order valence-corrected chi connectivity index (χ3v) is 0.366. The van der Waals surface area contributed by atoms with E-state index in [1.807, 2.05) is 0 Å². The summed E-state index contributed by atoms with van der Waals surface area (Å²) in [5.41, 5.74) is 0. The Morgan fingerprint density at radius 1 is 1.50 bits per heavy atom. The number of rotatable bonds is 2. The van der Waals surface area contributed by atoms with Gasteiger partial charge in [0.1, 0.15) is 0 Å². The van der Waals surface area contributed by atoms with Crippen molar-refractivity contribution < 1.29 is 15.0 Å². The fourth-order valence-electron chi connectivity index (χ4n) is 0.130. The van der Waals surface area contributed by atoms with Crippen LogP contribution < -0.4 is 0 Å². The van der Waals surface area contributed by atoms with Crippen LogP contribution in [0.4, 0.5) is 0 Å². The lowest BCUT2D eigenvalue weighted by atomic mass is 10.7. The summed E-state index contributed by atoms with van der Waals surface area (Å²) in [7, 11) is 0. The summed E-state index contributed by atoms with van der Waals surface area (Å²) >= 11 is 0. The lowest BCUT2D eigenvalue weighted by Gasteiger charge is -1.85. The number of hydrogen-bond acceptors (Lipinski definition) is 2. The minimum atomic E-state index is -0.477. The summed E-state index contributed by atoms with van der Waals surface area (Å²) in [4.78, 5) is 10.0. The SMILES string of the molecule is C=COC(=O)C=C.O. The van der Waals surface area contributed by atoms with E-state index < -0.39 is 5.97 Å². The van der Waals surface area contributed by atoms with Gasteiger partial charge in [-0.3, -0.25) is 0 Å². The van der Waals surface area contributed by atoms with Crippen molar-refractivity contribution in [2.45, 2.75) is 0 Å². The third-order valence-electron chi connectivity index (χ3n) is 0.366. The second-order valence-electron chi connectivity index (χ2n) is 0.808. The van der Waals surface area contributed by atoms with Gasteiger partial charge in [-0.1, -0.05) is 13.2 Å². The van der Waals surface area contributed by atoms with E-state index >= 15 is 0 Å². The summed E-state index contributed by atoms with van der Waals surface area (Å²) < 4.78 is 4.20. The van der Waals surface area contributed by atoms with Crippen LogP contribution in [0.1, 0.15) is 0 Å². The molecule has 0 bridgehead atoms. The molecular weight excluding hydrogens is 108 g/mol. The summed E-state index contributed by atoms with van der Waals surface area (Å²) in [5.74, 6) is -0.477. The maximum atomic E-state index is 10.0. The first-order valence-corrected chi connectivity index (χ1v) is 1.75. The number of ether oxygens (including phenoxy) is 1. The van der Waals surface area contributed by atoms with Gasteiger partial charge in [0.2, 0.25) is 0 Å². The van der Waals surface area contributed by atoms with Crippen LogP contribution in [-0.2, 0) is 9.53 Å². The lowest BCUT2D eigenvalue weighted by Crippen LogP contribution is -1.90. The molecule has 0 saturated heterocycles. The van der Waals surface area contributed by atoms with Crippen LogP contribution in [0, 0.1) is 0 Å². The molecule has 0 atom stereocenters. The van der Waals surface area contributed by atoms with Crippen molar-refractivity contribution in [2.75, 3.05) is 0 Å². The van der Waals surface area contributed by atoms with Crippen LogP contribution in [0.15, 0.2) is 25.5 Å². The highest BCUT2D eigenvalue weighted by molar-refractivity contribution is 5.81. The van der Waals surface area contributed by atoms with Crippen LogP contribution >= 0.6 is 0 Å². The molecule has 46 valence electrons. The molecule has 0 fully saturated rings. The molecule has 2 N–H and O–H groups in total. The molecule has 0 spiro atoms. The molecule has 0 aliphatic rings. The van der Waals surface area contributed by atoms with Gasteiger partial charge in [-0.25, -0.2) is 4.79 Å². The van der Waals surface area contributed by atoms with E-state index in [0.717, 1.165) is 12.3 Å². The summed E-state index contributed by atoms with van der Waals surface area (Å²) in [6.45, 7) is 6.31. The van der Waals surface area contributed by atoms with Crippen LogP contribution in [0.25, 0.3) is 0 Å². The highest BCUT2D eigenvalue weighted by Crippen LogP contribution is 1.75. The Balaban J connectivity index is 0. The van der Waals surface area contributed by atoms with E-state index in [9.17, 15) is 4.79 Å². The van der Waals surface area contributed by atoms with E-state index in [1.165, 1.54) is 0 Å². The molecule has 0 aromatic carbocycles. The van der Waals surface area contributed by atoms with E-state index in [1.54, 1.807) is 0 Å². The Hall–Kier alpha value is -1.09. The Morgan fingerprint density at radius 2 is 2.00 bits per heavy atom. The van der Waals surface area contributed by atoms with Crippen LogP contribution in [0.5, 0.6) is 0 Å². The van der Waals surface area contributed by atoms with E-state index in [-0.39, 0.29) is 5.48 Å². The molecule has 0 radical (unpaired) electrons. The van der Waals surface area contributed by atoms with Gasteiger partial charge in [-0.15, -0.1) is 0 Å². The van der Waals surface area contributed by atoms with E-state index in [2.05, 4.69) is 17.9 Å². The molecule has 0 aromatic heterocycles. The molecule has 0 rings (SSSR count). The van der Waals surface area contributed by atoms with Crippen molar-refractivity contribution in [3.8, 4) is 0 Å². The molecule has 0 aliphatic carbocycles. The first-order chi connectivity index (χ1) is 3.31. The number of carbonyl (C=O) groups excluding carboxylic acids is 1. The molecule has 8 heavy (non-hydrogen) atoms. The fourth-order valence-corrected chi connectivity index (χ4v) is 0.130. The third kappa shape index (κ3) is 4.91. The minimum Gasteiger partial charge on any atom is -0.432 e. The molecule has 3 heteroatoms.